The van der Waals surface area contributed by atoms with Crippen LogP contribution < -0.4 is 10.6 Å². The second kappa shape index (κ2) is 6.36. The van der Waals surface area contributed by atoms with E-state index in [0.29, 0.717) is 11.8 Å². The van der Waals surface area contributed by atoms with E-state index in [0.717, 1.165) is 45.7 Å². The molecule has 98 valence electrons. The highest BCUT2D eigenvalue weighted by Gasteiger charge is 2.24. The molecule has 4 heteroatoms. The largest absolute Gasteiger partial charge is 0.381 e. The number of hydrogen-bond donors (Lipinski definition) is 2. The fourth-order valence-corrected chi connectivity index (χ4v) is 2.71. The molecule has 0 aromatic rings. The van der Waals surface area contributed by atoms with Crippen molar-refractivity contribution in [2.24, 2.45) is 17.8 Å². The molecule has 2 rings (SSSR count). The molecule has 0 bridgehead atoms. The number of carbonyl (C=O) groups excluding carboxylic acids is 1. The molecule has 1 amide bonds. The van der Waals surface area contributed by atoms with E-state index >= 15 is 0 Å². The normalized spacial score (nSPS) is 31.1. The van der Waals surface area contributed by atoms with Crippen LogP contribution in [0.4, 0.5) is 0 Å². The Balaban J connectivity index is 1.71. The van der Waals surface area contributed by atoms with Crippen molar-refractivity contribution < 1.29 is 9.53 Å². The van der Waals surface area contributed by atoms with Gasteiger partial charge in [0.15, 0.2) is 0 Å². The lowest BCUT2D eigenvalue weighted by molar-refractivity contribution is -0.128. The van der Waals surface area contributed by atoms with Gasteiger partial charge in [-0.15, -0.1) is 0 Å². The molecular formula is C13H24N2O2. The van der Waals surface area contributed by atoms with Gasteiger partial charge in [0.25, 0.3) is 0 Å². The third-order valence-corrected chi connectivity index (χ3v) is 4.09. The summed E-state index contributed by atoms with van der Waals surface area (Å²) in [5.74, 6) is 1.72. The second-order valence-electron chi connectivity index (χ2n) is 5.36. The zero-order valence-electron chi connectivity index (χ0n) is 10.7. The third kappa shape index (κ3) is 3.68. The van der Waals surface area contributed by atoms with Crippen LogP contribution in [-0.2, 0) is 9.53 Å². The van der Waals surface area contributed by atoms with Gasteiger partial charge in [0.05, 0.1) is 0 Å². The molecule has 17 heavy (non-hydrogen) atoms. The Kier molecular flexibility index (Phi) is 4.80. The molecule has 2 fully saturated rings. The van der Waals surface area contributed by atoms with Crippen LogP contribution >= 0.6 is 0 Å². The van der Waals surface area contributed by atoms with E-state index in [9.17, 15) is 4.79 Å². The lowest BCUT2D eigenvalue weighted by Gasteiger charge is -2.30. The van der Waals surface area contributed by atoms with Crippen molar-refractivity contribution in [3.63, 3.8) is 0 Å². The number of nitrogens with one attached hydrogen (secondary N) is 2. The van der Waals surface area contributed by atoms with Gasteiger partial charge in [-0.05, 0) is 44.2 Å². The third-order valence-electron chi connectivity index (χ3n) is 4.09. The van der Waals surface area contributed by atoms with Crippen molar-refractivity contribution in [1.82, 2.24) is 10.6 Å². The van der Waals surface area contributed by atoms with E-state index in [1.165, 1.54) is 6.42 Å². The van der Waals surface area contributed by atoms with Gasteiger partial charge in [0.2, 0.25) is 5.91 Å². The Morgan fingerprint density at radius 3 is 2.82 bits per heavy atom. The average molecular weight is 240 g/mol. The molecule has 2 heterocycles. The van der Waals surface area contributed by atoms with Gasteiger partial charge in [-0.2, -0.15) is 0 Å². The first-order valence-corrected chi connectivity index (χ1v) is 6.83. The molecule has 0 aromatic carbocycles. The van der Waals surface area contributed by atoms with Crippen molar-refractivity contribution in [2.75, 3.05) is 32.8 Å². The number of piperidine rings is 1. The predicted molar refractivity (Wildman–Crippen MR) is 66.7 cm³/mol. The first-order chi connectivity index (χ1) is 8.27. The lowest BCUT2D eigenvalue weighted by Crippen LogP contribution is -2.43. The molecule has 0 spiro atoms. The van der Waals surface area contributed by atoms with Gasteiger partial charge in [0.1, 0.15) is 0 Å². The van der Waals surface area contributed by atoms with Crippen LogP contribution in [0.3, 0.4) is 0 Å². The van der Waals surface area contributed by atoms with Crippen molar-refractivity contribution in [3.05, 3.63) is 0 Å². The minimum atomic E-state index is 0.181. The summed E-state index contributed by atoms with van der Waals surface area (Å²) in [6, 6.07) is 0. The van der Waals surface area contributed by atoms with Crippen LogP contribution in [0, 0.1) is 17.8 Å². The fourth-order valence-electron chi connectivity index (χ4n) is 2.71. The molecule has 4 nitrogen and oxygen atoms in total. The van der Waals surface area contributed by atoms with E-state index in [1.54, 1.807) is 0 Å². The SMILES string of the molecule is CC1CNCCC1CNC(=O)C1CCOCC1. The van der Waals surface area contributed by atoms with Crippen LogP contribution in [0.15, 0.2) is 0 Å². The second-order valence-corrected chi connectivity index (χ2v) is 5.36. The molecule has 2 atom stereocenters. The zero-order chi connectivity index (χ0) is 12.1. The van der Waals surface area contributed by atoms with E-state index in [4.69, 9.17) is 4.74 Å². The Bertz CT molecular complexity index is 252. The number of hydrogen-bond acceptors (Lipinski definition) is 3. The van der Waals surface area contributed by atoms with E-state index in [2.05, 4.69) is 17.6 Å². The van der Waals surface area contributed by atoms with Gasteiger partial charge in [0, 0.05) is 25.7 Å². The number of amides is 1. The Morgan fingerprint density at radius 1 is 1.35 bits per heavy atom. The van der Waals surface area contributed by atoms with Crippen LogP contribution in [0.5, 0.6) is 0 Å². The monoisotopic (exact) mass is 240 g/mol. The first-order valence-electron chi connectivity index (χ1n) is 6.83. The molecule has 2 aliphatic rings. The molecule has 2 unspecified atom stereocenters. The smallest absolute Gasteiger partial charge is 0.223 e. The fraction of sp³-hybridized carbons (Fsp3) is 0.923. The maximum Gasteiger partial charge on any atom is 0.223 e. The summed E-state index contributed by atoms with van der Waals surface area (Å²) >= 11 is 0. The highest BCUT2D eigenvalue weighted by molar-refractivity contribution is 5.78. The van der Waals surface area contributed by atoms with Crippen molar-refractivity contribution >= 4 is 5.91 Å². The average Bonchev–Trinajstić information content (AvgIpc) is 2.38. The van der Waals surface area contributed by atoms with Gasteiger partial charge in [-0.3, -0.25) is 4.79 Å². The quantitative estimate of drug-likeness (QED) is 0.766. The maximum absolute atomic E-state index is 12.0. The molecule has 2 aliphatic heterocycles. The lowest BCUT2D eigenvalue weighted by atomic mass is 9.87. The van der Waals surface area contributed by atoms with E-state index < -0.39 is 0 Å². The maximum atomic E-state index is 12.0. The molecule has 0 radical (unpaired) electrons. The predicted octanol–water partition coefficient (Wildman–Crippen LogP) is 0.775. The van der Waals surface area contributed by atoms with Crippen LogP contribution in [-0.4, -0.2) is 38.8 Å². The number of carbonyl (C=O) groups is 1. The first kappa shape index (κ1) is 12.8. The summed E-state index contributed by atoms with van der Waals surface area (Å²) in [6.45, 7) is 6.75. The van der Waals surface area contributed by atoms with Gasteiger partial charge >= 0.3 is 0 Å². The zero-order valence-corrected chi connectivity index (χ0v) is 10.7. The van der Waals surface area contributed by atoms with Crippen molar-refractivity contribution in [2.45, 2.75) is 26.2 Å². The minimum absolute atomic E-state index is 0.181. The standard InChI is InChI=1S/C13H24N2O2/c1-10-8-14-5-2-12(10)9-15-13(16)11-3-6-17-7-4-11/h10-12,14H,2-9H2,1H3,(H,15,16). The Hall–Kier alpha value is -0.610. The van der Waals surface area contributed by atoms with Crippen LogP contribution in [0.1, 0.15) is 26.2 Å². The Labute approximate surface area is 103 Å². The van der Waals surface area contributed by atoms with E-state index in [-0.39, 0.29) is 11.8 Å². The molecule has 0 aromatic heterocycles. The minimum Gasteiger partial charge on any atom is -0.381 e. The highest BCUT2D eigenvalue weighted by atomic mass is 16.5. The highest BCUT2D eigenvalue weighted by Crippen LogP contribution is 2.19. The summed E-state index contributed by atoms with van der Waals surface area (Å²) in [5, 5.41) is 6.52. The summed E-state index contributed by atoms with van der Waals surface area (Å²) in [5.41, 5.74) is 0. The van der Waals surface area contributed by atoms with Crippen LogP contribution in [0.2, 0.25) is 0 Å². The molecular weight excluding hydrogens is 216 g/mol. The van der Waals surface area contributed by atoms with Gasteiger partial charge in [-0.25, -0.2) is 0 Å². The number of ether oxygens (including phenoxy) is 1. The van der Waals surface area contributed by atoms with E-state index in [1.807, 2.05) is 0 Å². The Morgan fingerprint density at radius 2 is 2.12 bits per heavy atom. The van der Waals surface area contributed by atoms with Crippen molar-refractivity contribution in [3.8, 4) is 0 Å². The van der Waals surface area contributed by atoms with Gasteiger partial charge < -0.3 is 15.4 Å². The van der Waals surface area contributed by atoms with Crippen LogP contribution in [0.25, 0.3) is 0 Å². The summed E-state index contributed by atoms with van der Waals surface area (Å²) in [6.07, 6.45) is 2.94. The molecule has 0 aliphatic carbocycles. The molecule has 0 saturated carbocycles. The van der Waals surface area contributed by atoms with Crippen molar-refractivity contribution in [1.29, 1.82) is 0 Å². The summed E-state index contributed by atoms with van der Waals surface area (Å²) < 4.78 is 5.27. The summed E-state index contributed by atoms with van der Waals surface area (Å²) in [4.78, 5) is 12.0. The topological polar surface area (TPSA) is 50.4 Å². The molecule has 2 N–H and O–H groups in total. The van der Waals surface area contributed by atoms with Gasteiger partial charge in [-0.1, -0.05) is 6.92 Å². The number of rotatable bonds is 3. The summed E-state index contributed by atoms with van der Waals surface area (Å²) in [7, 11) is 0. The molecule has 2 saturated heterocycles.